The molecule has 0 saturated carbocycles. The molecule has 1 aliphatic heterocycles. The van der Waals surface area contributed by atoms with Gasteiger partial charge in [0, 0.05) is 16.7 Å². The Labute approximate surface area is 96.5 Å². The molecule has 5 heteroatoms. The number of nitrogens with zero attached hydrogens (tertiary/aromatic N) is 1. The molecule has 0 spiro atoms. The SMILES string of the molecule is CN1CCCCC1C/C=C\CS(=O)(=O)Cl. The van der Waals surface area contributed by atoms with Gasteiger partial charge in [0.1, 0.15) is 0 Å². The van der Waals surface area contributed by atoms with E-state index in [9.17, 15) is 8.42 Å². The van der Waals surface area contributed by atoms with Gasteiger partial charge in [-0.15, -0.1) is 0 Å². The summed E-state index contributed by atoms with van der Waals surface area (Å²) >= 11 is 0. The number of hydrogen-bond acceptors (Lipinski definition) is 3. The summed E-state index contributed by atoms with van der Waals surface area (Å²) < 4.78 is 21.3. The highest BCUT2D eigenvalue weighted by Gasteiger charge is 2.16. The van der Waals surface area contributed by atoms with E-state index in [1.165, 1.54) is 19.3 Å². The van der Waals surface area contributed by atoms with Crippen molar-refractivity contribution in [2.75, 3.05) is 19.3 Å². The summed E-state index contributed by atoms with van der Waals surface area (Å²) in [6, 6.07) is 0.563. The van der Waals surface area contributed by atoms with E-state index in [2.05, 4.69) is 11.9 Å². The zero-order chi connectivity index (χ0) is 11.3. The molecule has 0 radical (unpaired) electrons. The maximum atomic E-state index is 10.7. The predicted octanol–water partition coefficient (Wildman–Crippen LogP) is 1.99. The maximum absolute atomic E-state index is 10.7. The van der Waals surface area contributed by atoms with E-state index in [0.717, 1.165) is 13.0 Å². The van der Waals surface area contributed by atoms with Crippen molar-refractivity contribution in [1.29, 1.82) is 0 Å². The summed E-state index contributed by atoms with van der Waals surface area (Å²) in [6.45, 7) is 1.15. The van der Waals surface area contributed by atoms with Gasteiger partial charge in [0.05, 0.1) is 5.75 Å². The van der Waals surface area contributed by atoms with Gasteiger partial charge in [0.25, 0.3) is 0 Å². The van der Waals surface area contributed by atoms with Crippen LogP contribution in [0.15, 0.2) is 12.2 Å². The van der Waals surface area contributed by atoms with Crippen LogP contribution in [0.2, 0.25) is 0 Å². The summed E-state index contributed by atoms with van der Waals surface area (Å²) in [7, 11) is 3.85. The van der Waals surface area contributed by atoms with Crippen molar-refractivity contribution in [3.8, 4) is 0 Å². The van der Waals surface area contributed by atoms with Crippen LogP contribution in [-0.2, 0) is 9.05 Å². The molecule has 3 nitrogen and oxygen atoms in total. The van der Waals surface area contributed by atoms with Crippen molar-refractivity contribution in [1.82, 2.24) is 4.90 Å². The van der Waals surface area contributed by atoms with Gasteiger partial charge in [0.2, 0.25) is 9.05 Å². The van der Waals surface area contributed by atoms with Crippen molar-refractivity contribution in [2.45, 2.75) is 31.7 Å². The molecule has 1 unspecified atom stereocenters. The highest BCUT2D eigenvalue weighted by Crippen LogP contribution is 2.17. The van der Waals surface area contributed by atoms with Crippen molar-refractivity contribution in [3.63, 3.8) is 0 Å². The number of hydrogen-bond donors (Lipinski definition) is 0. The smallest absolute Gasteiger partial charge is 0.236 e. The number of likely N-dealkylation sites (tertiary alicyclic amines) is 1. The Hall–Kier alpha value is -0.0600. The summed E-state index contributed by atoms with van der Waals surface area (Å²) in [5.41, 5.74) is 0. The molecule has 1 saturated heterocycles. The van der Waals surface area contributed by atoms with Gasteiger partial charge in [0.15, 0.2) is 0 Å². The van der Waals surface area contributed by atoms with E-state index in [1.54, 1.807) is 6.08 Å². The van der Waals surface area contributed by atoms with Gasteiger partial charge in [-0.25, -0.2) is 8.42 Å². The lowest BCUT2D eigenvalue weighted by molar-refractivity contribution is 0.187. The van der Waals surface area contributed by atoms with E-state index >= 15 is 0 Å². The second-order valence-corrected chi connectivity index (χ2v) is 6.86. The van der Waals surface area contributed by atoms with Gasteiger partial charge < -0.3 is 4.90 Å². The molecule has 88 valence electrons. The minimum absolute atomic E-state index is 0.0645. The molecule has 1 aliphatic rings. The Morgan fingerprint density at radius 2 is 2.13 bits per heavy atom. The molecule has 0 aromatic rings. The van der Waals surface area contributed by atoms with Crippen LogP contribution < -0.4 is 0 Å². The van der Waals surface area contributed by atoms with E-state index in [0.29, 0.717) is 6.04 Å². The van der Waals surface area contributed by atoms with Crippen LogP contribution in [0, 0.1) is 0 Å². The molecule has 1 rings (SSSR count). The fourth-order valence-electron chi connectivity index (χ4n) is 1.88. The van der Waals surface area contributed by atoms with Crippen LogP contribution >= 0.6 is 10.7 Å². The second kappa shape index (κ2) is 5.87. The van der Waals surface area contributed by atoms with E-state index in [1.807, 2.05) is 6.08 Å². The first-order chi connectivity index (χ1) is 6.99. The Morgan fingerprint density at radius 3 is 2.73 bits per heavy atom. The standard InChI is InChI=1S/C10H18ClNO2S/c1-12-8-4-2-6-10(12)7-3-5-9-15(11,13)14/h3,5,10H,2,4,6-9H2,1H3/b5-3-. The lowest BCUT2D eigenvalue weighted by Crippen LogP contribution is -2.35. The highest BCUT2D eigenvalue weighted by atomic mass is 35.7. The molecule has 15 heavy (non-hydrogen) atoms. The summed E-state index contributed by atoms with van der Waals surface area (Å²) in [6.07, 6.45) is 8.23. The zero-order valence-electron chi connectivity index (χ0n) is 9.02. The Kier molecular flexibility index (Phi) is 5.09. The third kappa shape index (κ3) is 5.54. The summed E-state index contributed by atoms with van der Waals surface area (Å²) in [5.74, 6) is -0.0645. The van der Waals surface area contributed by atoms with Gasteiger partial charge >= 0.3 is 0 Å². The van der Waals surface area contributed by atoms with E-state index < -0.39 is 9.05 Å². The molecule has 0 aromatic carbocycles. The Morgan fingerprint density at radius 1 is 1.40 bits per heavy atom. The fraction of sp³-hybridized carbons (Fsp3) is 0.800. The maximum Gasteiger partial charge on any atom is 0.236 e. The van der Waals surface area contributed by atoms with E-state index in [-0.39, 0.29) is 5.75 Å². The van der Waals surface area contributed by atoms with Crippen molar-refractivity contribution < 1.29 is 8.42 Å². The molecule has 1 fully saturated rings. The average Bonchev–Trinajstić information content (AvgIpc) is 2.13. The van der Waals surface area contributed by atoms with Crippen molar-refractivity contribution >= 4 is 19.7 Å². The van der Waals surface area contributed by atoms with Crippen LogP contribution in [0.5, 0.6) is 0 Å². The second-order valence-electron chi connectivity index (χ2n) is 4.04. The van der Waals surface area contributed by atoms with Gasteiger partial charge in [-0.05, 0) is 32.9 Å². The van der Waals surface area contributed by atoms with Crippen LogP contribution in [0.3, 0.4) is 0 Å². The molecule has 0 aliphatic carbocycles. The zero-order valence-corrected chi connectivity index (χ0v) is 10.6. The lowest BCUT2D eigenvalue weighted by atomic mass is 10.0. The largest absolute Gasteiger partial charge is 0.303 e. The van der Waals surface area contributed by atoms with Gasteiger partial charge in [-0.2, -0.15) is 0 Å². The number of rotatable bonds is 4. The van der Waals surface area contributed by atoms with E-state index in [4.69, 9.17) is 10.7 Å². The molecule has 1 heterocycles. The molecule has 0 bridgehead atoms. The Bertz CT molecular complexity index is 313. The minimum Gasteiger partial charge on any atom is -0.303 e. The first-order valence-electron chi connectivity index (χ1n) is 5.26. The molecular formula is C10H18ClNO2S. The first kappa shape index (κ1) is 13.0. The van der Waals surface area contributed by atoms with Crippen molar-refractivity contribution in [3.05, 3.63) is 12.2 Å². The fourth-order valence-corrected chi connectivity index (χ4v) is 2.46. The monoisotopic (exact) mass is 251 g/mol. The molecular weight excluding hydrogens is 234 g/mol. The molecule has 0 N–H and O–H groups in total. The van der Waals surface area contributed by atoms with Gasteiger partial charge in [-0.3, -0.25) is 0 Å². The molecule has 1 atom stereocenters. The third-order valence-corrected chi connectivity index (χ3v) is 3.76. The van der Waals surface area contributed by atoms with Crippen molar-refractivity contribution in [2.24, 2.45) is 0 Å². The van der Waals surface area contributed by atoms with Crippen LogP contribution in [-0.4, -0.2) is 38.7 Å². The first-order valence-corrected chi connectivity index (χ1v) is 7.74. The summed E-state index contributed by atoms with van der Waals surface area (Å²) in [4.78, 5) is 2.34. The van der Waals surface area contributed by atoms with Crippen LogP contribution in [0.4, 0.5) is 0 Å². The quantitative estimate of drug-likeness (QED) is 0.567. The number of halogens is 1. The topological polar surface area (TPSA) is 37.4 Å². The summed E-state index contributed by atoms with van der Waals surface area (Å²) in [5, 5.41) is 0. The molecule has 0 aromatic heterocycles. The Balaban J connectivity index is 2.29. The normalized spacial score (nSPS) is 24.8. The highest BCUT2D eigenvalue weighted by molar-refractivity contribution is 8.13. The predicted molar refractivity (Wildman–Crippen MR) is 63.7 cm³/mol. The average molecular weight is 252 g/mol. The number of piperidine rings is 1. The third-order valence-electron chi connectivity index (χ3n) is 2.79. The van der Waals surface area contributed by atoms with Crippen LogP contribution in [0.1, 0.15) is 25.7 Å². The minimum atomic E-state index is -3.37. The molecule has 0 amide bonds. The van der Waals surface area contributed by atoms with Crippen LogP contribution in [0.25, 0.3) is 0 Å². The van der Waals surface area contributed by atoms with Gasteiger partial charge in [-0.1, -0.05) is 18.6 Å². The lowest BCUT2D eigenvalue weighted by Gasteiger charge is -2.31.